The summed E-state index contributed by atoms with van der Waals surface area (Å²) in [4.78, 5) is 0. The number of hydrogen-bond donors (Lipinski definition) is 1. The molecule has 144 valence electrons. The molecule has 0 unspecified atom stereocenters. The lowest BCUT2D eigenvalue weighted by Gasteiger charge is -2.29. The molecule has 0 bridgehead atoms. The van der Waals surface area contributed by atoms with Crippen LogP contribution in [0.5, 0.6) is 0 Å². The average Bonchev–Trinajstić information content (AvgIpc) is 3.12. The van der Waals surface area contributed by atoms with Gasteiger partial charge < -0.3 is 5.32 Å². The van der Waals surface area contributed by atoms with Crippen molar-refractivity contribution in [3.8, 4) is 0 Å². The van der Waals surface area contributed by atoms with Crippen LogP contribution in [0.3, 0.4) is 0 Å². The van der Waals surface area contributed by atoms with Crippen LogP contribution in [-0.2, 0) is 12.8 Å². The first-order valence-electron chi connectivity index (χ1n) is 9.42. The third kappa shape index (κ3) is 5.36. The van der Waals surface area contributed by atoms with Crippen LogP contribution in [0.4, 0.5) is 5.69 Å². The van der Waals surface area contributed by atoms with Crippen LogP contribution in [0.1, 0.15) is 38.3 Å². The van der Waals surface area contributed by atoms with Gasteiger partial charge in [0, 0.05) is 25.1 Å². The van der Waals surface area contributed by atoms with Crippen molar-refractivity contribution in [2.75, 3.05) is 17.1 Å². The molecule has 0 amide bonds. The lowest BCUT2D eigenvalue weighted by molar-refractivity contribution is 1.07. The number of para-hydroxylation sites is 1. The lowest BCUT2D eigenvalue weighted by atomic mass is 10.0. The minimum atomic E-state index is 0.831. The molecule has 5 heteroatoms. The maximum atomic E-state index is 4.46. The van der Waals surface area contributed by atoms with Crippen LogP contribution in [-0.4, -0.2) is 25.4 Å². The Balaban J connectivity index is 2.52. The summed E-state index contributed by atoms with van der Waals surface area (Å²) >= 11 is 1.73. The Bertz CT molecular complexity index is 752. The van der Waals surface area contributed by atoms with Crippen molar-refractivity contribution in [2.24, 2.45) is 10.2 Å². The highest BCUT2D eigenvalue weighted by atomic mass is 32.2. The normalized spacial score (nSPS) is 14.3. The van der Waals surface area contributed by atoms with E-state index in [1.165, 1.54) is 28.0 Å². The minimum Gasteiger partial charge on any atom is -0.394 e. The smallest absolute Gasteiger partial charge is 0.169 e. The largest absolute Gasteiger partial charge is 0.394 e. The van der Waals surface area contributed by atoms with Crippen molar-refractivity contribution in [3.63, 3.8) is 0 Å². The highest BCUT2D eigenvalue weighted by Crippen LogP contribution is 2.35. The van der Waals surface area contributed by atoms with E-state index in [-0.39, 0.29) is 0 Å². The maximum absolute atomic E-state index is 4.46. The van der Waals surface area contributed by atoms with E-state index >= 15 is 0 Å². The molecule has 0 heterocycles. The summed E-state index contributed by atoms with van der Waals surface area (Å²) in [5, 5.41) is 11.4. The van der Waals surface area contributed by atoms with E-state index in [0.717, 1.165) is 30.9 Å². The quantitative estimate of drug-likeness (QED) is 0.273. The second-order valence-electron chi connectivity index (χ2n) is 6.36. The minimum absolute atomic E-state index is 0.831. The molecule has 0 saturated heterocycles. The molecule has 1 aromatic rings. The monoisotopic (exact) mass is 382 g/mol. The second-order valence-corrected chi connectivity index (χ2v) is 7.32. The number of benzene rings is 1. The summed E-state index contributed by atoms with van der Waals surface area (Å²) in [6.07, 6.45) is 11.2. The standard InChI is InChI=1S/C22H30N4S/c1-6-18-10-8-11-19(7-2)21(18)26(27-15-9-14-23-4)22(25-24-5)20-13-12-17(3)16-20/h8-14,23H,5-7,15-16H2,1-4H3/b14-9-,25-22-. The number of hydrogen-bond acceptors (Lipinski definition) is 4. The molecule has 1 aliphatic rings. The van der Waals surface area contributed by atoms with Crippen LogP contribution in [0.15, 0.2) is 64.0 Å². The van der Waals surface area contributed by atoms with E-state index in [1.54, 1.807) is 11.9 Å². The van der Waals surface area contributed by atoms with Gasteiger partial charge in [0.2, 0.25) is 0 Å². The molecule has 4 nitrogen and oxygen atoms in total. The predicted molar refractivity (Wildman–Crippen MR) is 122 cm³/mol. The topological polar surface area (TPSA) is 40.0 Å². The molecular weight excluding hydrogens is 352 g/mol. The first-order chi connectivity index (χ1) is 13.2. The number of amidine groups is 1. The Kier molecular flexibility index (Phi) is 8.40. The van der Waals surface area contributed by atoms with E-state index in [9.17, 15) is 0 Å². The predicted octanol–water partition coefficient (Wildman–Crippen LogP) is 5.29. The molecule has 0 aromatic heterocycles. The zero-order valence-corrected chi connectivity index (χ0v) is 17.6. The number of rotatable bonds is 9. The van der Waals surface area contributed by atoms with Crippen molar-refractivity contribution in [1.82, 2.24) is 5.32 Å². The summed E-state index contributed by atoms with van der Waals surface area (Å²) in [7, 11) is 1.91. The molecule has 0 radical (unpaired) electrons. The van der Waals surface area contributed by atoms with E-state index in [4.69, 9.17) is 0 Å². The molecule has 0 saturated carbocycles. The fourth-order valence-corrected chi connectivity index (χ4v) is 4.08. The fourth-order valence-electron chi connectivity index (χ4n) is 3.11. The van der Waals surface area contributed by atoms with Crippen LogP contribution in [0, 0.1) is 0 Å². The summed E-state index contributed by atoms with van der Waals surface area (Å²) in [5.41, 5.74) is 6.39. The SMILES string of the molecule is C=N/N=C(/C1=CC=C(C)C1)N(SC/C=C\NC)c1c(CC)cccc1CC. The van der Waals surface area contributed by atoms with Crippen molar-refractivity contribution < 1.29 is 0 Å². The number of nitrogens with one attached hydrogen (secondary N) is 1. The third-order valence-electron chi connectivity index (χ3n) is 4.44. The molecule has 2 rings (SSSR count). The van der Waals surface area contributed by atoms with E-state index in [2.05, 4.69) is 83.7 Å². The van der Waals surface area contributed by atoms with E-state index in [0.29, 0.717) is 0 Å². The number of aryl methyl sites for hydroxylation is 2. The summed E-state index contributed by atoms with van der Waals surface area (Å²) < 4.78 is 2.25. The van der Waals surface area contributed by atoms with Gasteiger partial charge in [0.05, 0.1) is 5.69 Å². The lowest BCUT2D eigenvalue weighted by Crippen LogP contribution is -2.28. The number of nitrogens with zero attached hydrogens (tertiary/aromatic N) is 3. The molecule has 0 fully saturated rings. The highest BCUT2D eigenvalue weighted by Gasteiger charge is 2.24. The van der Waals surface area contributed by atoms with Crippen molar-refractivity contribution in [2.45, 2.75) is 40.0 Å². The Morgan fingerprint density at radius 3 is 2.48 bits per heavy atom. The third-order valence-corrected chi connectivity index (χ3v) is 5.39. The van der Waals surface area contributed by atoms with Crippen LogP contribution in [0.25, 0.3) is 0 Å². The van der Waals surface area contributed by atoms with Crippen molar-refractivity contribution in [3.05, 3.63) is 64.9 Å². The number of anilines is 1. The van der Waals surface area contributed by atoms with Gasteiger partial charge in [0.25, 0.3) is 0 Å². The van der Waals surface area contributed by atoms with Gasteiger partial charge in [-0.3, -0.25) is 4.31 Å². The number of allylic oxidation sites excluding steroid dienone is 3. The van der Waals surface area contributed by atoms with E-state index < -0.39 is 0 Å². The maximum Gasteiger partial charge on any atom is 0.169 e. The first-order valence-corrected chi connectivity index (χ1v) is 10.4. The zero-order valence-electron chi connectivity index (χ0n) is 16.8. The summed E-state index contributed by atoms with van der Waals surface area (Å²) in [5.74, 6) is 1.70. The molecule has 1 aromatic carbocycles. The van der Waals surface area contributed by atoms with Gasteiger partial charge in [0.1, 0.15) is 0 Å². The fraction of sp³-hybridized carbons (Fsp3) is 0.364. The molecule has 0 spiro atoms. The molecule has 1 N–H and O–H groups in total. The molecular formula is C22H30N4S. The zero-order chi connectivity index (χ0) is 19.6. The molecule has 1 aliphatic carbocycles. The first kappa shape index (κ1) is 21.0. The summed E-state index contributed by atoms with van der Waals surface area (Å²) in [6.45, 7) is 10.2. The highest BCUT2D eigenvalue weighted by molar-refractivity contribution is 8.01. The van der Waals surface area contributed by atoms with Gasteiger partial charge in [-0.05, 0) is 55.5 Å². The Labute approximate surface area is 168 Å². The summed E-state index contributed by atoms with van der Waals surface area (Å²) in [6, 6.07) is 6.56. The van der Waals surface area contributed by atoms with Gasteiger partial charge >= 0.3 is 0 Å². The molecule has 0 aliphatic heterocycles. The van der Waals surface area contributed by atoms with Crippen LogP contribution < -0.4 is 9.62 Å². The van der Waals surface area contributed by atoms with Gasteiger partial charge in [-0.15, -0.1) is 5.10 Å². The molecule has 0 atom stereocenters. The van der Waals surface area contributed by atoms with Crippen LogP contribution in [0.2, 0.25) is 0 Å². The average molecular weight is 383 g/mol. The molecule has 27 heavy (non-hydrogen) atoms. The van der Waals surface area contributed by atoms with E-state index in [1.807, 2.05) is 13.2 Å². The Hall–Kier alpha value is -2.27. The van der Waals surface area contributed by atoms with Gasteiger partial charge in [-0.2, -0.15) is 5.10 Å². The second kappa shape index (κ2) is 10.8. The van der Waals surface area contributed by atoms with Gasteiger partial charge in [-0.1, -0.05) is 55.8 Å². The van der Waals surface area contributed by atoms with Gasteiger partial charge in [-0.25, -0.2) is 0 Å². The Morgan fingerprint density at radius 1 is 1.26 bits per heavy atom. The van der Waals surface area contributed by atoms with Gasteiger partial charge in [0.15, 0.2) is 5.84 Å². The van der Waals surface area contributed by atoms with Crippen molar-refractivity contribution >= 4 is 30.2 Å². The van der Waals surface area contributed by atoms with Crippen molar-refractivity contribution in [1.29, 1.82) is 0 Å². The van der Waals surface area contributed by atoms with Crippen LogP contribution >= 0.6 is 11.9 Å². The Morgan fingerprint density at radius 2 is 1.96 bits per heavy atom.